The summed E-state index contributed by atoms with van der Waals surface area (Å²) in [4.78, 5) is 12.4. The number of nitrogens with two attached hydrogens (primary N) is 1. The van der Waals surface area contributed by atoms with Crippen molar-refractivity contribution in [2.24, 2.45) is 0 Å². The number of hydrogen-bond acceptors (Lipinski definition) is 9. The first kappa shape index (κ1) is 17.6. The number of nitrogen functional groups attached to an aromatic ring is 1. The number of nitrogens with zero attached hydrogens (tertiary/aromatic N) is 6. The molecule has 0 atom stereocenters. The Balaban J connectivity index is 1.61. The van der Waals surface area contributed by atoms with Crippen LogP contribution in [0, 0.1) is 11.3 Å². The molecule has 0 spiro atoms. The summed E-state index contributed by atoms with van der Waals surface area (Å²) in [6.07, 6.45) is 5.16. The van der Waals surface area contributed by atoms with E-state index in [0.717, 1.165) is 5.69 Å². The maximum absolute atomic E-state index is 9.57. The number of thioether (sulfide) groups is 1. The van der Waals surface area contributed by atoms with Gasteiger partial charge < -0.3 is 15.8 Å². The van der Waals surface area contributed by atoms with Crippen LogP contribution in [0.2, 0.25) is 0 Å². The predicted molar refractivity (Wildman–Crippen MR) is 106 cm³/mol. The van der Waals surface area contributed by atoms with Crippen LogP contribution in [0.1, 0.15) is 5.56 Å². The van der Waals surface area contributed by atoms with Crippen molar-refractivity contribution in [3.8, 4) is 17.6 Å². The third-order valence-corrected chi connectivity index (χ3v) is 4.33. The van der Waals surface area contributed by atoms with Gasteiger partial charge in [0, 0.05) is 18.1 Å². The first-order valence-corrected chi connectivity index (χ1v) is 9.35. The zero-order valence-corrected chi connectivity index (χ0v) is 15.5. The molecule has 4 aromatic rings. The number of pyridine rings is 1. The van der Waals surface area contributed by atoms with Gasteiger partial charge >= 0.3 is 0 Å². The minimum atomic E-state index is 0.167. The van der Waals surface area contributed by atoms with Crippen molar-refractivity contribution in [1.82, 2.24) is 24.6 Å². The fourth-order valence-corrected chi connectivity index (χ4v) is 2.86. The van der Waals surface area contributed by atoms with E-state index in [4.69, 9.17) is 10.5 Å². The number of nitrogens with one attached hydrogen (secondary N) is 1. The monoisotopic (exact) mass is 390 g/mol. The van der Waals surface area contributed by atoms with Gasteiger partial charge in [0.05, 0.1) is 0 Å². The molecule has 3 heterocycles. The number of rotatable bonds is 5. The highest BCUT2D eigenvalue weighted by Crippen LogP contribution is 2.27. The minimum absolute atomic E-state index is 0.167. The molecule has 4 rings (SSSR count). The minimum Gasteiger partial charge on any atom is -0.457 e. The van der Waals surface area contributed by atoms with Gasteiger partial charge in [-0.15, -0.1) is 5.10 Å². The summed E-state index contributed by atoms with van der Waals surface area (Å²) in [5, 5.41) is 17.5. The highest BCUT2D eigenvalue weighted by molar-refractivity contribution is 7.98. The highest BCUT2D eigenvalue weighted by Gasteiger charge is 2.17. The van der Waals surface area contributed by atoms with Crippen LogP contribution in [0.3, 0.4) is 0 Å². The molecule has 0 fully saturated rings. The van der Waals surface area contributed by atoms with E-state index in [9.17, 15) is 5.26 Å². The lowest BCUT2D eigenvalue weighted by atomic mass is 10.2. The van der Waals surface area contributed by atoms with Gasteiger partial charge in [0.2, 0.25) is 5.95 Å². The zero-order valence-electron chi connectivity index (χ0n) is 14.7. The van der Waals surface area contributed by atoms with Crippen LogP contribution < -0.4 is 15.8 Å². The molecule has 3 N–H and O–H groups in total. The van der Waals surface area contributed by atoms with Crippen LogP contribution in [0.25, 0.3) is 5.65 Å². The van der Waals surface area contributed by atoms with Crippen molar-refractivity contribution in [2.75, 3.05) is 17.3 Å². The van der Waals surface area contributed by atoms with Gasteiger partial charge in [0.1, 0.15) is 23.1 Å². The smallest absolute Gasteiger partial charge is 0.225 e. The molecule has 0 saturated heterocycles. The molecule has 0 unspecified atom stereocenters. The van der Waals surface area contributed by atoms with Gasteiger partial charge in [-0.05, 0) is 42.7 Å². The molecule has 138 valence electrons. The van der Waals surface area contributed by atoms with Crippen molar-refractivity contribution in [3.05, 3.63) is 54.4 Å². The lowest BCUT2D eigenvalue weighted by Gasteiger charge is -2.07. The summed E-state index contributed by atoms with van der Waals surface area (Å²) in [6.45, 7) is 0. The van der Waals surface area contributed by atoms with Gasteiger partial charge in [0.15, 0.2) is 16.6 Å². The summed E-state index contributed by atoms with van der Waals surface area (Å²) in [6, 6.07) is 12.9. The normalized spacial score (nSPS) is 10.6. The average Bonchev–Trinajstić information content (AvgIpc) is 3.07. The molecule has 3 aromatic heterocycles. The van der Waals surface area contributed by atoms with Crippen LogP contribution in [0.5, 0.6) is 11.5 Å². The Labute approximate surface area is 164 Å². The number of fused-ring (bicyclic) bond motifs is 1. The number of ether oxygens (including phenoxy) is 1. The standard InChI is InChI=1S/C18H14N8OS/c1-28-18-23-16-14(10-19)15(25-26(16)17(20)24-18)22-11-2-4-12(5-3-11)27-13-6-8-21-9-7-13/h2-9H,1H3,(H,22,25)(H2,20,23,24). The quantitative estimate of drug-likeness (QED) is 0.494. The summed E-state index contributed by atoms with van der Waals surface area (Å²) >= 11 is 1.34. The third kappa shape index (κ3) is 3.38. The molecule has 1 aromatic carbocycles. The van der Waals surface area contributed by atoms with Crippen LogP contribution in [0.15, 0.2) is 53.9 Å². The second kappa shape index (κ2) is 7.42. The Hall–Kier alpha value is -3.84. The van der Waals surface area contributed by atoms with E-state index in [1.54, 1.807) is 24.5 Å². The van der Waals surface area contributed by atoms with Crippen molar-refractivity contribution >= 4 is 34.9 Å². The van der Waals surface area contributed by atoms with E-state index in [1.807, 2.05) is 30.5 Å². The predicted octanol–water partition coefficient (Wildman–Crippen LogP) is 3.23. The molecule has 28 heavy (non-hydrogen) atoms. The maximum Gasteiger partial charge on any atom is 0.225 e. The van der Waals surface area contributed by atoms with Gasteiger partial charge in [0.25, 0.3) is 0 Å². The molecule has 10 heteroatoms. The first-order valence-electron chi connectivity index (χ1n) is 8.13. The summed E-state index contributed by atoms with van der Waals surface area (Å²) in [5.41, 5.74) is 7.32. The van der Waals surface area contributed by atoms with Gasteiger partial charge in [-0.3, -0.25) is 4.98 Å². The molecule has 0 saturated carbocycles. The second-order valence-corrected chi connectivity index (χ2v) is 6.35. The van der Waals surface area contributed by atoms with Crippen LogP contribution in [0.4, 0.5) is 17.5 Å². The second-order valence-electron chi connectivity index (χ2n) is 5.57. The molecule has 0 amide bonds. The molecule has 0 aliphatic carbocycles. The van der Waals surface area contributed by atoms with Crippen LogP contribution in [-0.4, -0.2) is 30.8 Å². The number of hydrogen-bond donors (Lipinski definition) is 2. The maximum atomic E-state index is 9.57. The van der Waals surface area contributed by atoms with Crippen molar-refractivity contribution in [3.63, 3.8) is 0 Å². The van der Waals surface area contributed by atoms with E-state index in [1.165, 1.54) is 16.3 Å². The van der Waals surface area contributed by atoms with E-state index < -0.39 is 0 Å². The molecular weight excluding hydrogens is 376 g/mol. The van der Waals surface area contributed by atoms with Gasteiger partial charge in [-0.25, -0.2) is 4.98 Å². The SMILES string of the molecule is CSc1nc(N)n2nc(Nc3ccc(Oc4ccncc4)cc3)c(C#N)c2n1. The topological polar surface area (TPSA) is 127 Å². The number of nitriles is 1. The Morgan fingerprint density at radius 2 is 1.82 bits per heavy atom. The highest BCUT2D eigenvalue weighted by atomic mass is 32.2. The number of benzene rings is 1. The van der Waals surface area contributed by atoms with E-state index in [2.05, 4.69) is 31.4 Å². The number of anilines is 3. The summed E-state index contributed by atoms with van der Waals surface area (Å²) in [7, 11) is 0. The van der Waals surface area contributed by atoms with Crippen molar-refractivity contribution in [2.45, 2.75) is 5.16 Å². The molecule has 0 aliphatic heterocycles. The Morgan fingerprint density at radius 1 is 1.11 bits per heavy atom. The lowest BCUT2D eigenvalue weighted by molar-refractivity contribution is 0.482. The largest absolute Gasteiger partial charge is 0.457 e. The van der Waals surface area contributed by atoms with Crippen molar-refractivity contribution in [1.29, 1.82) is 5.26 Å². The Kier molecular flexibility index (Phi) is 4.65. The van der Waals surface area contributed by atoms with Crippen molar-refractivity contribution < 1.29 is 4.74 Å². The van der Waals surface area contributed by atoms with E-state index in [-0.39, 0.29) is 5.95 Å². The van der Waals surface area contributed by atoms with Gasteiger partial charge in [-0.2, -0.15) is 14.8 Å². The average molecular weight is 390 g/mol. The third-order valence-electron chi connectivity index (χ3n) is 3.79. The van der Waals surface area contributed by atoms with E-state index in [0.29, 0.717) is 33.7 Å². The van der Waals surface area contributed by atoms with Crippen LogP contribution in [-0.2, 0) is 0 Å². The fourth-order valence-electron chi connectivity index (χ4n) is 2.50. The van der Waals surface area contributed by atoms with Crippen LogP contribution >= 0.6 is 11.8 Å². The number of aromatic nitrogens is 5. The zero-order chi connectivity index (χ0) is 19.5. The Bertz CT molecular complexity index is 1170. The van der Waals surface area contributed by atoms with E-state index >= 15 is 0 Å². The van der Waals surface area contributed by atoms with Gasteiger partial charge in [-0.1, -0.05) is 11.8 Å². The molecule has 9 nitrogen and oxygen atoms in total. The Morgan fingerprint density at radius 3 is 2.50 bits per heavy atom. The summed E-state index contributed by atoms with van der Waals surface area (Å²) in [5.74, 6) is 1.89. The molecular formula is C18H14N8OS. The molecule has 0 bridgehead atoms. The first-order chi connectivity index (χ1) is 13.7. The fraction of sp³-hybridized carbons (Fsp3) is 0.0556. The lowest BCUT2D eigenvalue weighted by Crippen LogP contribution is -2.05. The molecule has 0 aliphatic rings. The molecule has 0 radical (unpaired) electrons. The summed E-state index contributed by atoms with van der Waals surface area (Å²) < 4.78 is 7.09.